The molecule has 0 radical (unpaired) electrons. The van der Waals surface area contributed by atoms with Gasteiger partial charge in [-0.3, -0.25) is 4.79 Å². The van der Waals surface area contributed by atoms with Gasteiger partial charge in [0.1, 0.15) is 0 Å². The van der Waals surface area contributed by atoms with Crippen molar-refractivity contribution in [3.05, 3.63) is 70.9 Å². The first-order valence-electron chi connectivity index (χ1n) is 6.48. The monoisotopic (exact) mass is 283 g/mol. The number of halogens is 1. The highest BCUT2D eigenvalue weighted by atomic mass is 35.5. The van der Waals surface area contributed by atoms with Crippen LogP contribution in [0.2, 0.25) is 5.02 Å². The molecule has 2 nitrogen and oxygen atoms in total. The summed E-state index contributed by atoms with van der Waals surface area (Å²) >= 11 is 5.97. The molecule has 0 N–H and O–H groups in total. The maximum Gasteiger partial charge on any atom is 0.182 e. The van der Waals surface area contributed by atoms with E-state index in [1.54, 1.807) is 0 Å². The number of ketones is 1. The van der Waals surface area contributed by atoms with Crippen LogP contribution in [0.1, 0.15) is 15.9 Å². The molecule has 0 atom stereocenters. The number of aryl methyl sites for hydroxylation is 1. The molecule has 0 amide bonds. The van der Waals surface area contributed by atoms with E-state index in [0.29, 0.717) is 11.6 Å². The molecule has 1 heterocycles. The van der Waals surface area contributed by atoms with Crippen LogP contribution in [0.25, 0.3) is 10.9 Å². The molecular weight excluding hydrogens is 270 g/mol. The molecule has 0 saturated heterocycles. The number of carbonyl (C=O) groups is 1. The molecule has 20 heavy (non-hydrogen) atoms. The van der Waals surface area contributed by atoms with Crippen molar-refractivity contribution in [1.82, 2.24) is 4.57 Å². The third-order valence-electron chi connectivity index (χ3n) is 3.42. The number of nitrogens with zero attached hydrogens (tertiary/aromatic N) is 1. The van der Waals surface area contributed by atoms with Crippen molar-refractivity contribution in [2.75, 3.05) is 0 Å². The van der Waals surface area contributed by atoms with Crippen LogP contribution in [0.5, 0.6) is 0 Å². The van der Waals surface area contributed by atoms with Crippen LogP contribution in [-0.2, 0) is 6.54 Å². The third-order valence-corrected chi connectivity index (χ3v) is 3.66. The predicted octanol–water partition coefficient (Wildman–Crippen LogP) is 4.49. The fraction of sp³-hybridized carbons (Fsp3) is 0.118. The molecule has 0 aliphatic carbocycles. The Morgan fingerprint density at radius 1 is 1.10 bits per heavy atom. The fourth-order valence-corrected chi connectivity index (χ4v) is 2.47. The maximum absolute atomic E-state index is 12.3. The lowest BCUT2D eigenvalue weighted by Gasteiger charge is -2.05. The zero-order valence-corrected chi connectivity index (χ0v) is 11.9. The summed E-state index contributed by atoms with van der Waals surface area (Å²) in [6, 6.07) is 15.3. The normalized spacial score (nSPS) is 10.9. The van der Waals surface area contributed by atoms with E-state index in [-0.39, 0.29) is 5.78 Å². The van der Waals surface area contributed by atoms with Gasteiger partial charge in [0.2, 0.25) is 0 Å². The highest BCUT2D eigenvalue weighted by molar-refractivity contribution is 6.31. The topological polar surface area (TPSA) is 22.0 Å². The second kappa shape index (κ2) is 5.14. The van der Waals surface area contributed by atoms with E-state index >= 15 is 0 Å². The van der Waals surface area contributed by atoms with E-state index in [2.05, 4.69) is 0 Å². The molecule has 0 spiro atoms. The van der Waals surface area contributed by atoms with Gasteiger partial charge in [-0.15, -0.1) is 0 Å². The van der Waals surface area contributed by atoms with Crippen LogP contribution in [0.3, 0.4) is 0 Å². The molecule has 1 aromatic heterocycles. The van der Waals surface area contributed by atoms with Crippen LogP contribution >= 0.6 is 11.6 Å². The van der Waals surface area contributed by atoms with Crippen LogP contribution in [0.4, 0.5) is 0 Å². The summed E-state index contributed by atoms with van der Waals surface area (Å²) in [6.45, 7) is 2.35. The average Bonchev–Trinajstić information content (AvgIpc) is 2.81. The molecule has 3 heteroatoms. The third kappa shape index (κ3) is 2.47. The lowest BCUT2D eigenvalue weighted by atomic mass is 10.1. The van der Waals surface area contributed by atoms with Crippen molar-refractivity contribution >= 4 is 28.3 Å². The van der Waals surface area contributed by atoms with Gasteiger partial charge < -0.3 is 4.57 Å². The van der Waals surface area contributed by atoms with Crippen molar-refractivity contribution < 1.29 is 4.79 Å². The number of Topliss-reactive ketones (excluding diaryl/α,β-unsaturated/α-hetero) is 1. The van der Waals surface area contributed by atoms with Gasteiger partial charge in [0.15, 0.2) is 5.78 Å². The molecule has 0 unspecified atom stereocenters. The molecule has 0 fully saturated rings. The van der Waals surface area contributed by atoms with Crippen LogP contribution in [-0.4, -0.2) is 10.4 Å². The average molecular weight is 284 g/mol. The highest BCUT2D eigenvalue weighted by Gasteiger charge is 2.08. The predicted molar refractivity (Wildman–Crippen MR) is 82.5 cm³/mol. The molecule has 0 bridgehead atoms. The first-order valence-corrected chi connectivity index (χ1v) is 6.85. The minimum atomic E-state index is 0.109. The summed E-state index contributed by atoms with van der Waals surface area (Å²) in [5.74, 6) is 0.109. The van der Waals surface area contributed by atoms with E-state index in [4.69, 9.17) is 11.6 Å². The first kappa shape index (κ1) is 12.9. The van der Waals surface area contributed by atoms with Crippen molar-refractivity contribution in [1.29, 1.82) is 0 Å². The number of carbonyl (C=O) groups excluding carboxylic acids is 1. The summed E-state index contributed by atoms with van der Waals surface area (Å²) in [7, 11) is 0. The minimum absolute atomic E-state index is 0.109. The zero-order chi connectivity index (χ0) is 14.1. The molecule has 3 rings (SSSR count). The number of aromatic nitrogens is 1. The molecule has 3 aromatic rings. The standard InChI is InChI=1S/C17H14ClNO/c1-12-2-4-13(5-3-12)17(20)11-19-9-8-14-10-15(18)6-7-16(14)19/h2-10H,11H2,1H3. The summed E-state index contributed by atoms with van der Waals surface area (Å²) in [5, 5.41) is 1.76. The Kier molecular flexibility index (Phi) is 3.33. The second-order valence-electron chi connectivity index (χ2n) is 4.94. The maximum atomic E-state index is 12.3. The van der Waals surface area contributed by atoms with Crippen LogP contribution in [0, 0.1) is 6.92 Å². The van der Waals surface area contributed by atoms with Crippen molar-refractivity contribution in [3.63, 3.8) is 0 Å². The summed E-state index contributed by atoms with van der Waals surface area (Å²) in [5.41, 5.74) is 2.92. The molecular formula is C17H14ClNO. The minimum Gasteiger partial charge on any atom is -0.340 e. The Morgan fingerprint density at radius 3 is 2.60 bits per heavy atom. The number of benzene rings is 2. The molecule has 0 saturated carbocycles. The Hall–Kier alpha value is -2.06. The fourth-order valence-electron chi connectivity index (χ4n) is 2.29. The quantitative estimate of drug-likeness (QED) is 0.649. The molecule has 0 aliphatic rings. The Bertz CT molecular complexity index is 771. The lowest BCUT2D eigenvalue weighted by molar-refractivity contribution is 0.0973. The number of hydrogen-bond acceptors (Lipinski definition) is 1. The van der Waals surface area contributed by atoms with Gasteiger partial charge in [0.25, 0.3) is 0 Å². The Labute approximate surface area is 122 Å². The summed E-state index contributed by atoms with van der Waals surface area (Å²) in [4.78, 5) is 12.3. The van der Waals surface area contributed by atoms with Gasteiger partial charge in [-0.25, -0.2) is 0 Å². The molecule has 100 valence electrons. The van der Waals surface area contributed by atoms with E-state index < -0.39 is 0 Å². The van der Waals surface area contributed by atoms with Gasteiger partial charge in [0.05, 0.1) is 6.54 Å². The number of hydrogen-bond donors (Lipinski definition) is 0. The Balaban J connectivity index is 1.89. The number of rotatable bonds is 3. The molecule has 2 aromatic carbocycles. The van der Waals surface area contributed by atoms with Gasteiger partial charge in [-0.2, -0.15) is 0 Å². The van der Waals surface area contributed by atoms with Gasteiger partial charge in [-0.1, -0.05) is 41.4 Å². The second-order valence-corrected chi connectivity index (χ2v) is 5.37. The van der Waals surface area contributed by atoms with Gasteiger partial charge in [-0.05, 0) is 31.2 Å². The molecule has 0 aliphatic heterocycles. The summed E-state index contributed by atoms with van der Waals surface area (Å²) < 4.78 is 1.95. The van der Waals surface area contributed by atoms with Crippen molar-refractivity contribution in [2.45, 2.75) is 13.5 Å². The lowest BCUT2D eigenvalue weighted by Crippen LogP contribution is -2.09. The van der Waals surface area contributed by atoms with Crippen molar-refractivity contribution in [2.24, 2.45) is 0 Å². The van der Waals surface area contributed by atoms with Crippen LogP contribution in [0.15, 0.2) is 54.7 Å². The van der Waals surface area contributed by atoms with Gasteiger partial charge in [0, 0.05) is 27.7 Å². The van der Waals surface area contributed by atoms with Crippen LogP contribution < -0.4 is 0 Å². The largest absolute Gasteiger partial charge is 0.340 e. The number of fused-ring (bicyclic) bond motifs is 1. The SMILES string of the molecule is Cc1ccc(C(=O)Cn2ccc3cc(Cl)ccc32)cc1. The van der Waals surface area contributed by atoms with E-state index in [1.807, 2.05) is 66.2 Å². The van der Waals surface area contributed by atoms with Crippen molar-refractivity contribution in [3.8, 4) is 0 Å². The van der Waals surface area contributed by atoms with Gasteiger partial charge >= 0.3 is 0 Å². The smallest absolute Gasteiger partial charge is 0.182 e. The van der Waals surface area contributed by atoms with E-state index in [0.717, 1.165) is 22.0 Å². The van der Waals surface area contributed by atoms with E-state index in [9.17, 15) is 4.79 Å². The van der Waals surface area contributed by atoms with E-state index in [1.165, 1.54) is 0 Å². The zero-order valence-electron chi connectivity index (χ0n) is 11.1. The summed E-state index contributed by atoms with van der Waals surface area (Å²) in [6.07, 6.45) is 1.92. The Morgan fingerprint density at radius 2 is 1.85 bits per heavy atom. The first-order chi connectivity index (χ1) is 9.63. The highest BCUT2D eigenvalue weighted by Crippen LogP contribution is 2.21.